The Hall–Kier alpha value is -2.05. The van der Waals surface area contributed by atoms with Crippen molar-refractivity contribution in [2.45, 2.75) is 50.5 Å². The molecule has 7 heteroatoms. The molecule has 0 atom stereocenters. The number of likely N-dealkylation sites (tertiary alicyclic amines) is 1. The molecule has 1 aliphatic heterocycles. The quantitative estimate of drug-likeness (QED) is 0.792. The van der Waals surface area contributed by atoms with Gasteiger partial charge in [-0.05, 0) is 44.6 Å². The maximum absolute atomic E-state index is 12.4. The minimum atomic E-state index is -0.712. The third kappa shape index (κ3) is 3.83. The molecular weight excluding hydrogens is 296 g/mol. The molecule has 1 saturated heterocycles. The number of aromatic amines is 1. The van der Waals surface area contributed by atoms with Crippen molar-refractivity contribution in [2.24, 2.45) is 5.92 Å². The summed E-state index contributed by atoms with van der Waals surface area (Å²) in [5.74, 6) is -0.503. The number of nitrogens with one attached hydrogen (secondary N) is 2. The molecule has 2 amide bonds. The summed E-state index contributed by atoms with van der Waals surface area (Å²) in [5.41, 5.74) is 1.15. The van der Waals surface area contributed by atoms with Crippen LogP contribution in [-0.4, -0.2) is 51.3 Å². The number of piperidine rings is 1. The van der Waals surface area contributed by atoms with Crippen LogP contribution in [-0.2, 0) is 4.79 Å². The van der Waals surface area contributed by atoms with Crippen LogP contribution in [0.3, 0.4) is 0 Å². The molecular formula is C16H24N4O3. The highest BCUT2D eigenvalue weighted by Gasteiger charge is 2.29. The van der Waals surface area contributed by atoms with Crippen LogP contribution in [0.2, 0.25) is 0 Å². The second-order valence-electron chi connectivity index (χ2n) is 6.61. The van der Waals surface area contributed by atoms with Crippen LogP contribution in [0.5, 0.6) is 0 Å². The first-order valence-corrected chi connectivity index (χ1v) is 8.41. The minimum Gasteiger partial charge on any atom is -0.481 e. The number of urea groups is 1. The van der Waals surface area contributed by atoms with Gasteiger partial charge < -0.3 is 15.3 Å². The van der Waals surface area contributed by atoms with Gasteiger partial charge in [0, 0.05) is 36.9 Å². The molecule has 0 unspecified atom stereocenters. The average Bonchev–Trinajstić information content (AvgIpc) is 3.10. The molecule has 0 spiro atoms. The molecule has 1 saturated carbocycles. The van der Waals surface area contributed by atoms with Crippen molar-refractivity contribution in [3.8, 4) is 0 Å². The number of nitrogens with zero attached hydrogens (tertiary/aromatic N) is 2. The van der Waals surface area contributed by atoms with Gasteiger partial charge in [0.05, 0.1) is 5.92 Å². The van der Waals surface area contributed by atoms with Crippen molar-refractivity contribution < 1.29 is 14.7 Å². The molecule has 1 aliphatic carbocycles. The zero-order chi connectivity index (χ0) is 16.2. The summed E-state index contributed by atoms with van der Waals surface area (Å²) in [6, 6.07) is 2.11. The Morgan fingerprint density at radius 2 is 1.87 bits per heavy atom. The monoisotopic (exact) mass is 320 g/mol. The second kappa shape index (κ2) is 7.02. The van der Waals surface area contributed by atoms with Gasteiger partial charge >= 0.3 is 12.0 Å². The highest BCUT2D eigenvalue weighted by molar-refractivity contribution is 5.75. The fraction of sp³-hybridized carbons (Fsp3) is 0.688. The molecule has 2 heterocycles. The van der Waals surface area contributed by atoms with Crippen LogP contribution in [0.15, 0.2) is 12.3 Å². The van der Waals surface area contributed by atoms with Gasteiger partial charge in [0.15, 0.2) is 0 Å². The Labute approximate surface area is 135 Å². The summed E-state index contributed by atoms with van der Waals surface area (Å²) in [6.07, 6.45) is 6.48. The number of amides is 2. The zero-order valence-corrected chi connectivity index (χ0v) is 13.2. The van der Waals surface area contributed by atoms with Crippen molar-refractivity contribution in [1.82, 2.24) is 20.4 Å². The lowest BCUT2D eigenvalue weighted by atomic mass is 9.86. The fourth-order valence-corrected chi connectivity index (χ4v) is 3.64. The number of carbonyl (C=O) groups is 2. The van der Waals surface area contributed by atoms with Crippen LogP contribution in [0.4, 0.5) is 4.79 Å². The van der Waals surface area contributed by atoms with E-state index in [0.717, 1.165) is 44.5 Å². The van der Waals surface area contributed by atoms with Crippen molar-refractivity contribution >= 4 is 12.0 Å². The number of aromatic nitrogens is 2. The summed E-state index contributed by atoms with van der Waals surface area (Å²) in [7, 11) is 0. The first-order valence-electron chi connectivity index (χ1n) is 8.41. The fourth-order valence-electron chi connectivity index (χ4n) is 3.64. The lowest BCUT2D eigenvalue weighted by Crippen LogP contribution is -2.48. The normalized spacial score (nSPS) is 26.0. The molecule has 0 aromatic carbocycles. The summed E-state index contributed by atoms with van der Waals surface area (Å²) >= 11 is 0. The van der Waals surface area contributed by atoms with Crippen LogP contribution in [0, 0.1) is 5.92 Å². The maximum Gasteiger partial charge on any atom is 0.317 e. The van der Waals surface area contributed by atoms with Gasteiger partial charge in [-0.25, -0.2) is 4.79 Å². The van der Waals surface area contributed by atoms with Crippen molar-refractivity contribution in [3.05, 3.63) is 18.0 Å². The van der Waals surface area contributed by atoms with E-state index in [0.29, 0.717) is 18.8 Å². The predicted octanol–water partition coefficient (Wildman–Crippen LogP) is 1.94. The Morgan fingerprint density at radius 1 is 1.17 bits per heavy atom. The number of hydrogen-bond donors (Lipinski definition) is 3. The van der Waals surface area contributed by atoms with Gasteiger partial charge in [-0.1, -0.05) is 0 Å². The van der Waals surface area contributed by atoms with Crippen molar-refractivity contribution in [2.75, 3.05) is 13.1 Å². The first-order chi connectivity index (χ1) is 11.1. The van der Waals surface area contributed by atoms with Crippen LogP contribution < -0.4 is 5.32 Å². The molecule has 2 aliphatic rings. The van der Waals surface area contributed by atoms with E-state index >= 15 is 0 Å². The van der Waals surface area contributed by atoms with E-state index in [-0.39, 0.29) is 18.0 Å². The van der Waals surface area contributed by atoms with Gasteiger partial charge in [-0.3, -0.25) is 9.89 Å². The highest BCUT2D eigenvalue weighted by atomic mass is 16.4. The minimum absolute atomic E-state index is 0.00756. The van der Waals surface area contributed by atoms with E-state index in [2.05, 4.69) is 15.5 Å². The van der Waals surface area contributed by atoms with E-state index < -0.39 is 5.97 Å². The molecule has 7 nitrogen and oxygen atoms in total. The SMILES string of the molecule is O=C(O)C1CCC(NC(=O)N2CCC(c3ccn[nH]3)CC2)CC1. The Morgan fingerprint density at radius 3 is 2.43 bits per heavy atom. The molecule has 2 fully saturated rings. The second-order valence-corrected chi connectivity index (χ2v) is 6.61. The van der Waals surface area contributed by atoms with Gasteiger partial charge in [-0.2, -0.15) is 5.10 Å². The number of H-pyrrole nitrogens is 1. The molecule has 0 radical (unpaired) electrons. The number of rotatable bonds is 3. The van der Waals surface area contributed by atoms with Gasteiger partial charge in [0.25, 0.3) is 0 Å². The van der Waals surface area contributed by atoms with E-state index in [9.17, 15) is 9.59 Å². The molecule has 1 aromatic rings. The van der Waals surface area contributed by atoms with Gasteiger partial charge in [-0.15, -0.1) is 0 Å². The average molecular weight is 320 g/mol. The third-order valence-electron chi connectivity index (χ3n) is 5.15. The van der Waals surface area contributed by atoms with Gasteiger partial charge in [0.2, 0.25) is 0 Å². The van der Waals surface area contributed by atoms with Crippen LogP contribution in [0.25, 0.3) is 0 Å². The molecule has 3 N–H and O–H groups in total. The zero-order valence-electron chi connectivity index (χ0n) is 13.2. The Bertz CT molecular complexity index is 530. The standard InChI is InChI=1S/C16H24N4O3/c21-15(22)12-1-3-13(4-2-12)18-16(23)20-9-6-11(7-10-20)14-5-8-17-19-14/h5,8,11-13H,1-4,6-7,9-10H2,(H,17,19)(H,18,23)(H,21,22). The van der Waals surface area contributed by atoms with E-state index in [1.165, 1.54) is 0 Å². The summed E-state index contributed by atoms with van der Waals surface area (Å²) in [5, 5.41) is 19.1. The number of carboxylic acid groups (broad SMARTS) is 1. The summed E-state index contributed by atoms with van der Waals surface area (Å²) in [6.45, 7) is 1.50. The maximum atomic E-state index is 12.4. The molecule has 0 bridgehead atoms. The molecule has 3 rings (SSSR count). The Balaban J connectivity index is 1.42. The van der Waals surface area contributed by atoms with Gasteiger partial charge in [0.1, 0.15) is 0 Å². The summed E-state index contributed by atoms with van der Waals surface area (Å²) < 4.78 is 0. The lowest BCUT2D eigenvalue weighted by molar-refractivity contribution is -0.142. The highest BCUT2D eigenvalue weighted by Crippen LogP contribution is 2.27. The number of carboxylic acids is 1. The van der Waals surface area contributed by atoms with E-state index in [4.69, 9.17) is 5.11 Å². The molecule has 23 heavy (non-hydrogen) atoms. The lowest BCUT2D eigenvalue weighted by Gasteiger charge is -2.34. The number of hydrogen-bond acceptors (Lipinski definition) is 3. The number of aliphatic carboxylic acids is 1. The third-order valence-corrected chi connectivity index (χ3v) is 5.15. The molecule has 126 valence electrons. The topological polar surface area (TPSA) is 98.3 Å². The van der Waals surface area contributed by atoms with Crippen LogP contribution in [0.1, 0.15) is 50.1 Å². The first kappa shape index (κ1) is 15.8. The predicted molar refractivity (Wildman–Crippen MR) is 84.0 cm³/mol. The van der Waals surface area contributed by atoms with Crippen LogP contribution >= 0.6 is 0 Å². The van der Waals surface area contributed by atoms with Crippen molar-refractivity contribution in [3.63, 3.8) is 0 Å². The van der Waals surface area contributed by atoms with E-state index in [1.54, 1.807) is 6.20 Å². The van der Waals surface area contributed by atoms with E-state index in [1.807, 2.05) is 11.0 Å². The van der Waals surface area contributed by atoms with Crippen molar-refractivity contribution in [1.29, 1.82) is 0 Å². The Kier molecular flexibility index (Phi) is 4.83. The largest absolute Gasteiger partial charge is 0.481 e. The summed E-state index contributed by atoms with van der Waals surface area (Å²) in [4.78, 5) is 25.2. The molecule has 1 aromatic heterocycles. The number of carbonyl (C=O) groups excluding carboxylic acids is 1. The smallest absolute Gasteiger partial charge is 0.317 e.